The normalized spacial score (nSPS) is 10.8. The Morgan fingerprint density at radius 3 is 2.42 bits per heavy atom. The van der Waals surface area contributed by atoms with Crippen molar-refractivity contribution in [2.24, 2.45) is 0 Å². The van der Waals surface area contributed by atoms with E-state index in [1.807, 2.05) is 42.5 Å². The van der Waals surface area contributed by atoms with E-state index in [0.29, 0.717) is 0 Å². The van der Waals surface area contributed by atoms with Gasteiger partial charge in [0.15, 0.2) is 0 Å². The number of aliphatic carboxylic acids is 1. The fourth-order valence-corrected chi connectivity index (χ4v) is 1.77. The zero-order chi connectivity index (χ0) is 13.8. The van der Waals surface area contributed by atoms with Gasteiger partial charge in [0.1, 0.15) is 0 Å². The molecule has 1 N–H and O–H groups in total. The van der Waals surface area contributed by atoms with Crippen molar-refractivity contribution in [3.63, 3.8) is 0 Å². The van der Waals surface area contributed by atoms with Crippen molar-refractivity contribution in [2.75, 3.05) is 11.9 Å². The number of hydrogen-bond acceptors (Lipinski definition) is 2. The molecule has 0 saturated heterocycles. The van der Waals surface area contributed by atoms with E-state index in [9.17, 15) is 9.59 Å². The van der Waals surface area contributed by atoms with Gasteiger partial charge in [0, 0.05) is 24.9 Å². The highest BCUT2D eigenvalue weighted by Gasteiger charge is 2.08. The minimum atomic E-state index is -1.14. The van der Waals surface area contributed by atoms with Crippen LogP contribution < -0.4 is 4.90 Å². The van der Waals surface area contributed by atoms with Crippen LogP contribution in [-0.4, -0.2) is 24.0 Å². The summed E-state index contributed by atoms with van der Waals surface area (Å²) in [6, 6.07) is 13.5. The van der Waals surface area contributed by atoms with Gasteiger partial charge in [0.25, 0.3) is 5.91 Å². The third-order valence-corrected chi connectivity index (χ3v) is 2.82. The summed E-state index contributed by atoms with van der Waals surface area (Å²) >= 11 is 0. The first-order valence-corrected chi connectivity index (χ1v) is 5.75. The van der Waals surface area contributed by atoms with E-state index in [-0.39, 0.29) is 5.91 Å². The molecular weight excluding hydrogens is 242 g/mol. The Bertz CT molecular complexity index is 661. The van der Waals surface area contributed by atoms with Gasteiger partial charge in [0.05, 0.1) is 0 Å². The molecule has 0 spiro atoms. The standard InChI is InChI=1S/C15H13NO3/c1-16(14(17)8-9-15(18)19)13-7-6-11-4-2-3-5-12(11)10-13/h2-10H,1H3,(H,18,19)/b9-8+. The fourth-order valence-electron chi connectivity index (χ4n) is 1.77. The number of carboxylic acids is 1. The minimum Gasteiger partial charge on any atom is -0.478 e. The van der Waals surface area contributed by atoms with Gasteiger partial charge in [-0.25, -0.2) is 4.79 Å². The fraction of sp³-hybridized carbons (Fsp3) is 0.0667. The van der Waals surface area contributed by atoms with Crippen LogP contribution in [0.2, 0.25) is 0 Å². The van der Waals surface area contributed by atoms with Crippen molar-refractivity contribution < 1.29 is 14.7 Å². The Hall–Kier alpha value is -2.62. The van der Waals surface area contributed by atoms with Crippen LogP contribution in [-0.2, 0) is 9.59 Å². The number of carbonyl (C=O) groups is 2. The molecule has 2 aromatic rings. The van der Waals surface area contributed by atoms with Gasteiger partial charge in [-0.05, 0) is 22.9 Å². The van der Waals surface area contributed by atoms with E-state index in [2.05, 4.69) is 0 Å². The molecule has 0 radical (unpaired) electrons. The molecule has 96 valence electrons. The molecular formula is C15H13NO3. The zero-order valence-corrected chi connectivity index (χ0v) is 10.4. The van der Waals surface area contributed by atoms with Crippen molar-refractivity contribution in [2.45, 2.75) is 0 Å². The predicted octanol–water partition coefficient (Wildman–Crippen LogP) is 2.44. The van der Waals surface area contributed by atoms with E-state index in [1.54, 1.807) is 7.05 Å². The summed E-state index contributed by atoms with van der Waals surface area (Å²) in [5.74, 6) is -1.52. The molecule has 0 bridgehead atoms. The Labute approximate surface area is 110 Å². The number of amides is 1. The van der Waals surface area contributed by atoms with E-state index >= 15 is 0 Å². The average molecular weight is 255 g/mol. The van der Waals surface area contributed by atoms with Crippen LogP contribution in [0.1, 0.15) is 0 Å². The maximum Gasteiger partial charge on any atom is 0.328 e. The molecule has 0 fully saturated rings. The van der Waals surface area contributed by atoms with Crippen LogP contribution in [0.4, 0.5) is 5.69 Å². The molecule has 4 nitrogen and oxygen atoms in total. The summed E-state index contributed by atoms with van der Waals surface area (Å²) in [7, 11) is 1.61. The van der Waals surface area contributed by atoms with Gasteiger partial charge in [-0.15, -0.1) is 0 Å². The summed E-state index contributed by atoms with van der Waals surface area (Å²) in [5.41, 5.74) is 0.721. The van der Waals surface area contributed by atoms with Gasteiger partial charge in [0.2, 0.25) is 0 Å². The number of benzene rings is 2. The predicted molar refractivity (Wildman–Crippen MR) is 74.1 cm³/mol. The maximum atomic E-state index is 11.8. The molecule has 0 aromatic heterocycles. The van der Waals surface area contributed by atoms with Gasteiger partial charge in [-0.1, -0.05) is 30.3 Å². The van der Waals surface area contributed by atoms with Crippen molar-refractivity contribution in [3.05, 3.63) is 54.6 Å². The maximum absolute atomic E-state index is 11.8. The molecule has 19 heavy (non-hydrogen) atoms. The monoisotopic (exact) mass is 255 g/mol. The lowest BCUT2D eigenvalue weighted by Crippen LogP contribution is -2.24. The highest BCUT2D eigenvalue weighted by Crippen LogP contribution is 2.21. The Morgan fingerprint density at radius 2 is 1.74 bits per heavy atom. The Kier molecular flexibility index (Phi) is 3.61. The molecule has 0 heterocycles. The first-order chi connectivity index (χ1) is 9.08. The van der Waals surface area contributed by atoms with Gasteiger partial charge in [-0.2, -0.15) is 0 Å². The van der Waals surface area contributed by atoms with Crippen LogP contribution in [0.25, 0.3) is 10.8 Å². The molecule has 0 aliphatic carbocycles. The summed E-state index contributed by atoms with van der Waals surface area (Å²) in [6.07, 6.45) is 1.87. The summed E-state index contributed by atoms with van der Waals surface area (Å²) in [4.78, 5) is 23.5. The second-order valence-electron chi connectivity index (χ2n) is 4.10. The van der Waals surface area contributed by atoms with Crippen LogP contribution >= 0.6 is 0 Å². The Balaban J connectivity index is 2.28. The molecule has 1 amide bonds. The van der Waals surface area contributed by atoms with Gasteiger partial charge >= 0.3 is 5.97 Å². The van der Waals surface area contributed by atoms with E-state index in [0.717, 1.165) is 28.6 Å². The molecule has 2 rings (SSSR count). The lowest BCUT2D eigenvalue weighted by molar-refractivity contribution is -0.131. The molecule has 2 aromatic carbocycles. The number of hydrogen-bond donors (Lipinski definition) is 1. The first kappa shape index (κ1) is 12.8. The number of likely N-dealkylation sites (N-methyl/N-ethyl adjacent to an activating group) is 1. The lowest BCUT2D eigenvalue weighted by Gasteiger charge is -2.15. The number of fused-ring (bicyclic) bond motifs is 1. The van der Waals surface area contributed by atoms with Crippen LogP contribution in [0.3, 0.4) is 0 Å². The highest BCUT2D eigenvalue weighted by atomic mass is 16.4. The van der Waals surface area contributed by atoms with Crippen molar-refractivity contribution in [1.29, 1.82) is 0 Å². The van der Waals surface area contributed by atoms with Crippen molar-refractivity contribution in [3.8, 4) is 0 Å². The first-order valence-electron chi connectivity index (χ1n) is 5.75. The third kappa shape index (κ3) is 2.98. The van der Waals surface area contributed by atoms with Crippen LogP contribution in [0, 0.1) is 0 Å². The molecule has 0 aliphatic rings. The van der Waals surface area contributed by atoms with Crippen molar-refractivity contribution in [1.82, 2.24) is 0 Å². The summed E-state index contributed by atoms with van der Waals surface area (Å²) in [6.45, 7) is 0. The molecule has 0 unspecified atom stereocenters. The van der Waals surface area contributed by atoms with Crippen LogP contribution in [0.5, 0.6) is 0 Å². The number of carboxylic acid groups (broad SMARTS) is 1. The number of carbonyl (C=O) groups excluding carboxylic acids is 1. The smallest absolute Gasteiger partial charge is 0.328 e. The number of rotatable bonds is 3. The summed E-state index contributed by atoms with van der Waals surface area (Å²) in [5, 5.41) is 10.6. The number of nitrogens with zero attached hydrogens (tertiary/aromatic N) is 1. The van der Waals surface area contributed by atoms with Crippen molar-refractivity contribution >= 4 is 28.3 Å². The lowest BCUT2D eigenvalue weighted by atomic mass is 10.1. The summed E-state index contributed by atoms with van der Waals surface area (Å²) < 4.78 is 0. The average Bonchev–Trinajstić information content (AvgIpc) is 2.43. The highest BCUT2D eigenvalue weighted by molar-refractivity contribution is 6.04. The SMILES string of the molecule is CN(C(=O)/C=C/C(=O)O)c1ccc2ccccc2c1. The topological polar surface area (TPSA) is 57.6 Å². The Morgan fingerprint density at radius 1 is 1.05 bits per heavy atom. The largest absolute Gasteiger partial charge is 0.478 e. The molecule has 4 heteroatoms. The van der Waals surface area contributed by atoms with E-state index in [4.69, 9.17) is 5.11 Å². The molecule has 0 aliphatic heterocycles. The number of anilines is 1. The molecule has 0 saturated carbocycles. The van der Waals surface area contributed by atoms with Gasteiger partial charge < -0.3 is 10.0 Å². The minimum absolute atomic E-state index is 0.377. The zero-order valence-electron chi connectivity index (χ0n) is 10.4. The van der Waals surface area contributed by atoms with E-state index < -0.39 is 5.97 Å². The molecule has 0 atom stereocenters. The third-order valence-electron chi connectivity index (χ3n) is 2.82. The second kappa shape index (κ2) is 5.35. The van der Waals surface area contributed by atoms with E-state index in [1.165, 1.54) is 4.90 Å². The van der Waals surface area contributed by atoms with Crippen LogP contribution in [0.15, 0.2) is 54.6 Å². The van der Waals surface area contributed by atoms with Gasteiger partial charge in [-0.3, -0.25) is 4.79 Å². The second-order valence-corrected chi connectivity index (χ2v) is 4.10. The quantitative estimate of drug-likeness (QED) is 0.857.